The molecule has 1 atom stereocenters. The smallest absolute Gasteiger partial charge is 0.255 e. The predicted octanol–water partition coefficient (Wildman–Crippen LogP) is 1.11. The highest BCUT2D eigenvalue weighted by atomic mass is 16.3. The Kier molecular flexibility index (Phi) is 4.15. The molecule has 1 unspecified atom stereocenters. The van der Waals surface area contributed by atoms with E-state index in [4.69, 9.17) is 0 Å². The molecule has 0 bridgehead atoms. The van der Waals surface area contributed by atoms with Crippen molar-refractivity contribution in [1.82, 2.24) is 9.88 Å². The van der Waals surface area contributed by atoms with Crippen LogP contribution in [0, 0.1) is 0 Å². The number of pyridine rings is 1. The highest BCUT2D eigenvalue weighted by molar-refractivity contribution is 5.94. The van der Waals surface area contributed by atoms with Crippen molar-refractivity contribution in [2.24, 2.45) is 0 Å². The minimum atomic E-state index is -0.392. The van der Waals surface area contributed by atoms with Crippen molar-refractivity contribution in [3.8, 4) is 0 Å². The van der Waals surface area contributed by atoms with Gasteiger partial charge in [0.15, 0.2) is 0 Å². The number of carbonyl (C=O) groups is 1. The number of carbonyl (C=O) groups excluding carboxylic acids is 1. The van der Waals surface area contributed by atoms with Gasteiger partial charge < -0.3 is 15.3 Å². The fourth-order valence-electron chi connectivity index (χ4n) is 2.13. The number of hydrogen-bond donors (Lipinski definition) is 2. The summed E-state index contributed by atoms with van der Waals surface area (Å²) in [4.78, 5) is 18.0. The first kappa shape index (κ1) is 12.8. The van der Waals surface area contributed by atoms with Crippen LogP contribution in [-0.2, 0) is 0 Å². The van der Waals surface area contributed by atoms with Crippen molar-refractivity contribution in [2.45, 2.75) is 25.9 Å². The Hall–Kier alpha value is -1.62. The molecule has 1 aliphatic heterocycles. The third kappa shape index (κ3) is 2.98. The van der Waals surface area contributed by atoms with Gasteiger partial charge in [0.1, 0.15) is 5.82 Å². The van der Waals surface area contributed by atoms with Gasteiger partial charge in [-0.25, -0.2) is 4.98 Å². The van der Waals surface area contributed by atoms with Gasteiger partial charge in [0, 0.05) is 25.8 Å². The molecule has 5 heteroatoms. The summed E-state index contributed by atoms with van der Waals surface area (Å²) in [6.45, 7) is 3.94. The number of piperidine rings is 1. The lowest BCUT2D eigenvalue weighted by atomic mass is 10.1. The van der Waals surface area contributed by atoms with Gasteiger partial charge in [0.2, 0.25) is 0 Å². The van der Waals surface area contributed by atoms with E-state index in [1.165, 1.54) is 0 Å². The number of likely N-dealkylation sites (tertiary alicyclic amines) is 1. The lowest BCUT2D eigenvalue weighted by Crippen LogP contribution is -2.42. The average molecular weight is 249 g/mol. The molecule has 2 rings (SSSR count). The highest BCUT2D eigenvalue weighted by Crippen LogP contribution is 2.14. The number of nitrogens with one attached hydrogen (secondary N) is 1. The van der Waals surface area contributed by atoms with Crippen molar-refractivity contribution < 1.29 is 9.90 Å². The van der Waals surface area contributed by atoms with Crippen LogP contribution in [0.2, 0.25) is 0 Å². The standard InChI is InChI=1S/C13H19N3O2/c1-2-14-12-6-5-10(8-15-12)13(18)16-7-3-4-11(17)9-16/h5-6,8,11,17H,2-4,7,9H2,1H3,(H,14,15). The van der Waals surface area contributed by atoms with Crippen LogP contribution < -0.4 is 5.32 Å². The molecular weight excluding hydrogens is 230 g/mol. The monoisotopic (exact) mass is 249 g/mol. The van der Waals surface area contributed by atoms with Gasteiger partial charge in [-0.15, -0.1) is 0 Å². The highest BCUT2D eigenvalue weighted by Gasteiger charge is 2.23. The van der Waals surface area contributed by atoms with Gasteiger partial charge in [0.05, 0.1) is 11.7 Å². The molecule has 1 amide bonds. The molecule has 0 radical (unpaired) electrons. The summed E-state index contributed by atoms with van der Waals surface area (Å²) in [5, 5.41) is 12.7. The minimum Gasteiger partial charge on any atom is -0.391 e. The number of nitrogens with zero attached hydrogens (tertiary/aromatic N) is 2. The zero-order valence-corrected chi connectivity index (χ0v) is 10.6. The maximum absolute atomic E-state index is 12.2. The quantitative estimate of drug-likeness (QED) is 0.842. The van der Waals surface area contributed by atoms with Crippen LogP contribution in [0.3, 0.4) is 0 Å². The first-order valence-corrected chi connectivity index (χ1v) is 6.38. The SMILES string of the molecule is CCNc1ccc(C(=O)N2CCCC(O)C2)cn1. The molecule has 1 fully saturated rings. The van der Waals surface area contributed by atoms with E-state index in [1.807, 2.05) is 6.92 Å². The number of amides is 1. The molecule has 0 aliphatic carbocycles. The molecule has 1 aliphatic rings. The number of β-amino-alcohol motifs (C(OH)–C–C–N with tert-alkyl or cyclic N) is 1. The number of aromatic nitrogens is 1. The first-order chi connectivity index (χ1) is 8.70. The molecule has 18 heavy (non-hydrogen) atoms. The van der Waals surface area contributed by atoms with E-state index in [1.54, 1.807) is 23.2 Å². The maximum atomic E-state index is 12.2. The van der Waals surface area contributed by atoms with E-state index in [2.05, 4.69) is 10.3 Å². The van der Waals surface area contributed by atoms with Crippen molar-refractivity contribution in [3.63, 3.8) is 0 Å². The normalized spacial score (nSPS) is 19.7. The third-order valence-corrected chi connectivity index (χ3v) is 3.05. The number of aliphatic hydroxyl groups is 1. The molecule has 98 valence electrons. The molecule has 1 aromatic rings. The lowest BCUT2D eigenvalue weighted by molar-refractivity contribution is 0.0473. The molecule has 2 N–H and O–H groups in total. The Labute approximate surface area is 107 Å². The minimum absolute atomic E-state index is 0.0516. The second-order valence-electron chi connectivity index (χ2n) is 4.51. The summed E-state index contributed by atoms with van der Waals surface area (Å²) >= 11 is 0. The Morgan fingerprint density at radius 3 is 3.06 bits per heavy atom. The summed E-state index contributed by atoms with van der Waals surface area (Å²) in [7, 11) is 0. The van der Waals surface area contributed by atoms with E-state index in [0.29, 0.717) is 18.7 Å². The van der Waals surface area contributed by atoms with Crippen LogP contribution in [0.25, 0.3) is 0 Å². The van der Waals surface area contributed by atoms with Crippen molar-refractivity contribution >= 4 is 11.7 Å². The first-order valence-electron chi connectivity index (χ1n) is 6.38. The van der Waals surface area contributed by atoms with E-state index >= 15 is 0 Å². The average Bonchev–Trinajstić information content (AvgIpc) is 2.39. The summed E-state index contributed by atoms with van der Waals surface area (Å²) in [6.07, 6.45) is 2.83. The van der Waals surface area contributed by atoms with Crippen LogP contribution in [0.1, 0.15) is 30.1 Å². The summed E-state index contributed by atoms with van der Waals surface area (Å²) in [5.41, 5.74) is 0.575. The molecule has 0 spiro atoms. The van der Waals surface area contributed by atoms with E-state index < -0.39 is 6.10 Å². The fraction of sp³-hybridized carbons (Fsp3) is 0.538. The Bertz CT molecular complexity index is 405. The van der Waals surface area contributed by atoms with Crippen LogP contribution in [0.4, 0.5) is 5.82 Å². The zero-order valence-electron chi connectivity index (χ0n) is 10.6. The summed E-state index contributed by atoms with van der Waals surface area (Å²) in [5.74, 6) is 0.719. The van der Waals surface area contributed by atoms with E-state index in [0.717, 1.165) is 25.2 Å². The molecule has 1 saturated heterocycles. The second kappa shape index (κ2) is 5.82. The molecule has 1 aromatic heterocycles. The maximum Gasteiger partial charge on any atom is 0.255 e. The number of aliphatic hydroxyl groups excluding tert-OH is 1. The van der Waals surface area contributed by atoms with Crippen LogP contribution in [0.5, 0.6) is 0 Å². The van der Waals surface area contributed by atoms with Crippen molar-refractivity contribution in [1.29, 1.82) is 0 Å². The van der Waals surface area contributed by atoms with Crippen molar-refractivity contribution in [3.05, 3.63) is 23.9 Å². The molecule has 5 nitrogen and oxygen atoms in total. The van der Waals surface area contributed by atoms with Gasteiger partial charge in [-0.05, 0) is 31.9 Å². The largest absolute Gasteiger partial charge is 0.391 e. The number of rotatable bonds is 3. The second-order valence-corrected chi connectivity index (χ2v) is 4.51. The van der Waals surface area contributed by atoms with E-state index in [9.17, 15) is 9.90 Å². The Morgan fingerprint density at radius 2 is 2.44 bits per heavy atom. The Morgan fingerprint density at radius 1 is 1.61 bits per heavy atom. The fourth-order valence-corrected chi connectivity index (χ4v) is 2.13. The molecular formula is C13H19N3O2. The number of hydrogen-bond acceptors (Lipinski definition) is 4. The Balaban J connectivity index is 2.03. The van der Waals surface area contributed by atoms with Gasteiger partial charge >= 0.3 is 0 Å². The van der Waals surface area contributed by atoms with Crippen molar-refractivity contribution in [2.75, 3.05) is 25.0 Å². The third-order valence-electron chi connectivity index (χ3n) is 3.05. The lowest BCUT2D eigenvalue weighted by Gasteiger charge is -2.30. The molecule has 0 saturated carbocycles. The van der Waals surface area contributed by atoms with Gasteiger partial charge in [0.25, 0.3) is 5.91 Å². The predicted molar refractivity (Wildman–Crippen MR) is 69.5 cm³/mol. The summed E-state index contributed by atoms with van der Waals surface area (Å²) in [6, 6.07) is 3.57. The molecule has 0 aromatic carbocycles. The van der Waals surface area contributed by atoms with Crippen LogP contribution in [-0.4, -0.2) is 46.6 Å². The van der Waals surface area contributed by atoms with Gasteiger partial charge in [-0.2, -0.15) is 0 Å². The van der Waals surface area contributed by atoms with Crippen LogP contribution in [0.15, 0.2) is 18.3 Å². The van der Waals surface area contributed by atoms with E-state index in [-0.39, 0.29) is 5.91 Å². The molecule has 2 heterocycles. The van der Waals surface area contributed by atoms with Crippen LogP contribution >= 0.6 is 0 Å². The number of anilines is 1. The van der Waals surface area contributed by atoms with Gasteiger partial charge in [-0.1, -0.05) is 0 Å². The van der Waals surface area contributed by atoms with Gasteiger partial charge in [-0.3, -0.25) is 4.79 Å². The summed E-state index contributed by atoms with van der Waals surface area (Å²) < 4.78 is 0. The topological polar surface area (TPSA) is 65.5 Å². The zero-order chi connectivity index (χ0) is 13.0.